The SMILES string of the molecule is Nc1cc(S(=O)(=O)NC2CCCC2CO)ccc1Cl. The molecule has 0 saturated heterocycles. The minimum Gasteiger partial charge on any atom is -0.397 e. The second-order valence-corrected chi connectivity index (χ2v) is 6.91. The zero-order valence-corrected chi connectivity index (χ0v) is 11.9. The van der Waals surface area contributed by atoms with Gasteiger partial charge in [0, 0.05) is 12.6 Å². The van der Waals surface area contributed by atoms with Gasteiger partial charge in [0.05, 0.1) is 15.6 Å². The molecule has 4 N–H and O–H groups in total. The minimum absolute atomic E-state index is 0.00402. The van der Waals surface area contributed by atoms with Gasteiger partial charge in [0.25, 0.3) is 0 Å². The van der Waals surface area contributed by atoms with Crippen molar-refractivity contribution in [2.24, 2.45) is 5.92 Å². The predicted molar refractivity (Wildman–Crippen MR) is 74.4 cm³/mol. The highest BCUT2D eigenvalue weighted by Crippen LogP contribution is 2.27. The molecule has 2 atom stereocenters. The maximum absolute atomic E-state index is 12.2. The summed E-state index contributed by atoms with van der Waals surface area (Å²) >= 11 is 5.77. The first kappa shape index (κ1) is 14.6. The van der Waals surface area contributed by atoms with Gasteiger partial charge in [0.1, 0.15) is 0 Å². The van der Waals surface area contributed by atoms with Gasteiger partial charge in [-0.2, -0.15) is 0 Å². The highest BCUT2D eigenvalue weighted by atomic mass is 35.5. The maximum atomic E-state index is 12.2. The molecule has 1 aromatic rings. The van der Waals surface area contributed by atoms with Crippen LogP contribution in [0.15, 0.2) is 23.1 Å². The summed E-state index contributed by atoms with van der Waals surface area (Å²) in [4.78, 5) is 0.0954. The minimum atomic E-state index is -3.63. The number of hydrogen-bond acceptors (Lipinski definition) is 4. The zero-order chi connectivity index (χ0) is 14.0. The molecule has 1 aliphatic rings. The normalized spacial score (nSPS) is 23.7. The summed E-state index contributed by atoms with van der Waals surface area (Å²) in [7, 11) is -3.63. The Morgan fingerprint density at radius 1 is 1.42 bits per heavy atom. The Morgan fingerprint density at radius 2 is 2.16 bits per heavy atom. The number of nitrogens with two attached hydrogens (primary N) is 1. The van der Waals surface area contributed by atoms with E-state index in [4.69, 9.17) is 17.3 Å². The van der Waals surface area contributed by atoms with E-state index in [2.05, 4.69) is 4.72 Å². The van der Waals surface area contributed by atoms with Gasteiger partial charge >= 0.3 is 0 Å². The third kappa shape index (κ3) is 3.20. The van der Waals surface area contributed by atoms with Crippen molar-refractivity contribution in [3.8, 4) is 0 Å². The Bertz CT molecular complexity index is 562. The Labute approximate surface area is 117 Å². The molecule has 19 heavy (non-hydrogen) atoms. The lowest BCUT2D eigenvalue weighted by molar-refractivity contribution is 0.213. The Balaban J connectivity index is 2.20. The van der Waals surface area contributed by atoms with E-state index in [9.17, 15) is 13.5 Å². The Morgan fingerprint density at radius 3 is 2.79 bits per heavy atom. The molecule has 1 fully saturated rings. The van der Waals surface area contributed by atoms with Crippen LogP contribution in [0.2, 0.25) is 5.02 Å². The highest BCUT2D eigenvalue weighted by molar-refractivity contribution is 7.89. The molecule has 0 heterocycles. The van der Waals surface area contributed by atoms with Crippen molar-refractivity contribution in [3.05, 3.63) is 23.2 Å². The Hall–Kier alpha value is -0.820. The third-order valence-electron chi connectivity index (χ3n) is 3.48. The number of halogens is 1. The number of rotatable bonds is 4. The lowest BCUT2D eigenvalue weighted by Gasteiger charge is -2.19. The van der Waals surface area contributed by atoms with Crippen LogP contribution in [0.4, 0.5) is 5.69 Å². The van der Waals surface area contributed by atoms with E-state index in [1.54, 1.807) is 0 Å². The van der Waals surface area contributed by atoms with Crippen molar-refractivity contribution >= 4 is 27.3 Å². The molecule has 7 heteroatoms. The van der Waals surface area contributed by atoms with Gasteiger partial charge in [-0.15, -0.1) is 0 Å². The second kappa shape index (κ2) is 5.66. The van der Waals surface area contributed by atoms with Crippen LogP contribution in [0.1, 0.15) is 19.3 Å². The molecule has 0 radical (unpaired) electrons. The molecule has 2 unspecified atom stereocenters. The summed E-state index contributed by atoms with van der Waals surface area (Å²) in [5.74, 6) is -0.0144. The summed E-state index contributed by atoms with van der Waals surface area (Å²) in [6.07, 6.45) is 2.50. The van der Waals surface area contributed by atoms with E-state index in [0.29, 0.717) is 5.02 Å². The van der Waals surface area contributed by atoms with Crippen LogP contribution in [-0.2, 0) is 10.0 Å². The molecule has 0 aliphatic heterocycles. The van der Waals surface area contributed by atoms with Gasteiger partial charge in [0.2, 0.25) is 10.0 Å². The summed E-state index contributed by atoms with van der Waals surface area (Å²) in [6, 6.07) is 4.01. The number of anilines is 1. The molecule has 5 nitrogen and oxygen atoms in total. The third-order valence-corrected chi connectivity index (χ3v) is 5.31. The number of nitrogen functional groups attached to an aromatic ring is 1. The van der Waals surface area contributed by atoms with E-state index in [1.807, 2.05) is 0 Å². The largest absolute Gasteiger partial charge is 0.397 e. The molecule has 1 aromatic carbocycles. The van der Waals surface area contributed by atoms with Crippen LogP contribution in [0, 0.1) is 5.92 Å². The molecular weight excluding hydrogens is 288 g/mol. The smallest absolute Gasteiger partial charge is 0.240 e. The summed E-state index contributed by atoms with van der Waals surface area (Å²) < 4.78 is 27.1. The molecule has 2 rings (SSSR count). The maximum Gasteiger partial charge on any atom is 0.240 e. The van der Waals surface area contributed by atoms with E-state index in [0.717, 1.165) is 19.3 Å². The van der Waals surface area contributed by atoms with E-state index >= 15 is 0 Å². The van der Waals surface area contributed by atoms with Gasteiger partial charge in [-0.1, -0.05) is 18.0 Å². The van der Waals surface area contributed by atoms with Crippen LogP contribution in [-0.4, -0.2) is 26.2 Å². The van der Waals surface area contributed by atoms with E-state index in [1.165, 1.54) is 18.2 Å². The zero-order valence-electron chi connectivity index (χ0n) is 10.3. The van der Waals surface area contributed by atoms with Crippen molar-refractivity contribution in [1.82, 2.24) is 4.72 Å². The van der Waals surface area contributed by atoms with Gasteiger partial charge in [-0.05, 0) is 37.0 Å². The fourth-order valence-corrected chi connectivity index (χ4v) is 3.86. The summed E-state index contributed by atoms with van der Waals surface area (Å²) in [5.41, 5.74) is 5.85. The lowest BCUT2D eigenvalue weighted by Crippen LogP contribution is -2.38. The fourth-order valence-electron chi connectivity index (χ4n) is 2.37. The number of nitrogens with one attached hydrogen (secondary N) is 1. The molecule has 0 amide bonds. The molecule has 1 aliphatic carbocycles. The van der Waals surface area contributed by atoms with Gasteiger partial charge in [-0.3, -0.25) is 0 Å². The molecule has 0 aromatic heterocycles. The lowest BCUT2D eigenvalue weighted by atomic mass is 10.1. The summed E-state index contributed by atoms with van der Waals surface area (Å²) in [6.45, 7) is -0.00402. The number of benzene rings is 1. The van der Waals surface area contributed by atoms with Crippen LogP contribution >= 0.6 is 11.6 Å². The fraction of sp³-hybridized carbons (Fsp3) is 0.500. The van der Waals surface area contributed by atoms with E-state index < -0.39 is 10.0 Å². The topological polar surface area (TPSA) is 92.4 Å². The molecular formula is C12H17ClN2O3S. The Kier molecular flexibility index (Phi) is 4.35. The monoisotopic (exact) mass is 304 g/mol. The highest BCUT2D eigenvalue weighted by Gasteiger charge is 2.30. The molecule has 0 bridgehead atoms. The predicted octanol–water partition coefficient (Wildman–Crippen LogP) is 1.36. The van der Waals surface area contributed by atoms with Gasteiger partial charge in [0.15, 0.2) is 0 Å². The van der Waals surface area contributed by atoms with Crippen molar-refractivity contribution in [2.45, 2.75) is 30.2 Å². The number of aliphatic hydroxyl groups excluding tert-OH is 1. The first-order chi connectivity index (χ1) is 8.94. The quantitative estimate of drug-likeness (QED) is 0.732. The van der Waals surface area contributed by atoms with Crippen LogP contribution in [0.3, 0.4) is 0 Å². The number of hydrogen-bond donors (Lipinski definition) is 3. The van der Waals surface area contributed by atoms with Crippen molar-refractivity contribution in [2.75, 3.05) is 12.3 Å². The first-order valence-corrected chi connectivity index (χ1v) is 7.98. The molecule has 106 valence electrons. The average molecular weight is 305 g/mol. The van der Waals surface area contributed by atoms with E-state index in [-0.39, 0.29) is 29.1 Å². The van der Waals surface area contributed by atoms with Crippen molar-refractivity contribution < 1.29 is 13.5 Å². The van der Waals surface area contributed by atoms with Crippen LogP contribution in [0.25, 0.3) is 0 Å². The second-order valence-electron chi connectivity index (χ2n) is 4.78. The number of sulfonamides is 1. The van der Waals surface area contributed by atoms with Crippen LogP contribution < -0.4 is 10.5 Å². The van der Waals surface area contributed by atoms with Crippen molar-refractivity contribution in [3.63, 3.8) is 0 Å². The first-order valence-electron chi connectivity index (χ1n) is 6.12. The number of aliphatic hydroxyl groups is 1. The standard InChI is InChI=1S/C12H17ClN2O3S/c13-10-5-4-9(6-11(10)14)19(17,18)15-12-3-1-2-8(12)7-16/h4-6,8,12,15-16H,1-3,7,14H2. The molecule has 1 saturated carbocycles. The average Bonchev–Trinajstić information content (AvgIpc) is 2.79. The summed E-state index contributed by atoms with van der Waals surface area (Å²) in [5, 5.41) is 9.54. The van der Waals surface area contributed by atoms with Gasteiger partial charge in [-0.25, -0.2) is 13.1 Å². The molecule has 0 spiro atoms. The van der Waals surface area contributed by atoms with Gasteiger partial charge < -0.3 is 10.8 Å². The van der Waals surface area contributed by atoms with Crippen molar-refractivity contribution in [1.29, 1.82) is 0 Å². The van der Waals surface area contributed by atoms with Crippen LogP contribution in [0.5, 0.6) is 0 Å².